The van der Waals surface area contributed by atoms with Crippen LogP contribution in [0.4, 0.5) is 5.69 Å². The van der Waals surface area contributed by atoms with Crippen LogP contribution in [0, 0.1) is 5.92 Å². The summed E-state index contributed by atoms with van der Waals surface area (Å²) in [5.74, 6) is 1.27. The summed E-state index contributed by atoms with van der Waals surface area (Å²) in [5, 5.41) is 14.5. The first-order chi connectivity index (χ1) is 9.08. The summed E-state index contributed by atoms with van der Waals surface area (Å²) in [5.41, 5.74) is 7.21. The minimum Gasteiger partial charge on any atom is -0.398 e. The van der Waals surface area contributed by atoms with Gasteiger partial charge in [-0.3, -0.25) is 0 Å². The molecule has 0 saturated carbocycles. The van der Waals surface area contributed by atoms with Crippen LogP contribution in [0.1, 0.15) is 31.3 Å². The monoisotopic (exact) mass is 260 g/mol. The SMILES string of the molecule is CC(C)Cn1ncnc1CC(O)c1ccccc1N. The predicted molar refractivity (Wildman–Crippen MR) is 74.4 cm³/mol. The van der Waals surface area contributed by atoms with Gasteiger partial charge < -0.3 is 10.8 Å². The number of rotatable bonds is 5. The molecule has 0 amide bonds. The third-order valence-electron chi connectivity index (χ3n) is 2.96. The molecule has 0 aliphatic carbocycles. The van der Waals surface area contributed by atoms with Crippen molar-refractivity contribution in [3.8, 4) is 0 Å². The van der Waals surface area contributed by atoms with Crippen LogP contribution >= 0.6 is 0 Å². The van der Waals surface area contributed by atoms with Crippen molar-refractivity contribution in [2.75, 3.05) is 5.73 Å². The van der Waals surface area contributed by atoms with Gasteiger partial charge in [-0.05, 0) is 12.0 Å². The maximum Gasteiger partial charge on any atom is 0.138 e. The molecule has 1 aromatic carbocycles. The fraction of sp³-hybridized carbons (Fsp3) is 0.429. The van der Waals surface area contributed by atoms with E-state index in [2.05, 4.69) is 23.9 Å². The Morgan fingerprint density at radius 2 is 2.05 bits per heavy atom. The molecule has 1 aromatic heterocycles. The smallest absolute Gasteiger partial charge is 0.138 e. The van der Waals surface area contributed by atoms with E-state index < -0.39 is 6.10 Å². The van der Waals surface area contributed by atoms with Crippen molar-refractivity contribution in [1.82, 2.24) is 14.8 Å². The van der Waals surface area contributed by atoms with Crippen molar-refractivity contribution in [2.24, 2.45) is 5.92 Å². The van der Waals surface area contributed by atoms with Gasteiger partial charge in [0.25, 0.3) is 0 Å². The summed E-state index contributed by atoms with van der Waals surface area (Å²) in [6.45, 7) is 5.04. The van der Waals surface area contributed by atoms with Gasteiger partial charge in [0.15, 0.2) is 0 Å². The number of nitrogen functional groups attached to an aromatic ring is 1. The molecular weight excluding hydrogens is 240 g/mol. The second kappa shape index (κ2) is 5.84. The van der Waals surface area contributed by atoms with E-state index in [0.717, 1.165) is 17.9 Å². The quantitative estimate of drug-likeness (QED) is 0.804. The second-order valence-electron chi connectivity index (χ2n) is 5.10. The number of anilines is 1. The van der Waals surface area contributed by atoms with Crippen LogP contribution in [-0.2, 0) is 13.0 Å². The van der Waals surface area contributed by atoms with Crippen molar-refractivity contribution in [2.45, 2.75) is 32.9 Å². The number of para-hydroxylation sites is 1. The summed E-state index contributed by atoms with van der Waals surface area (Å²) in [6.07, 6.45) is 1.29. The zero-order valence-electron chi connectivity index (χ0n) is 11.3. The molecule has 0 saturated heterocycles. The molecule has 5 nitrogen and oxygen atoms in total. The lowest BCUT2D eigenvalue weighted by molar-refractivity contribution is 0.174. The summed E-state index contributed by atoms with van der Waals surface area (Å²) in [6, 6.07) is 7.35. The third kappa shape index (κ3) is 3.32. The zero-order valence-corrected chi connectivity index (χ0v) is 11.3. The molecule has 19 heavy (non-hydrogen) atoms. The van der Waals surface area contributed by atoms with Gasteiger partial charge in [0, 0.05) is 24.2 Å². The van der Waals surface area contributed by atoms with Gasteiger partial charge in [0.2, 0.25) is 0 Å². The van der Waals surface area contributed by atoms with E-state index in [4.69, 9.17) is 5.73 Å². The molecule has 3 N–H and O–H groups in total. The van der Waals surface area contributed by atoms with Crippen LogP contribution in [0.25, 0.3) is 0 Å². The third-order valence-corrected chi connectivity index (χ3v) is 2.96. The Balaban J connectivity index is 2.13. The van der Waals surface area contributed by atoms with Gasteiger partial charge >= 0.3 is 0 Å². The van der Waals surface area contributed by atoms with Crippen LogP contribution in [0.15, 0.2) is 30.6 Å². The van der Waals surface area contributed by atoms with E-state index in [1.165, 1.54) is 6.33 Å². The Kier molecular flexibility index (Phi) is 4.16. The Morgan fingerprint density at radius 3 is 2.74 bits per heavy atom. The first kappa shape index (κ1) is 13.5. The fourth-order valence-electron chi connectivity index (χ4n) is 2.04. The maximum atomic E-state index is 10.3. The van der Waals surface area contributed by atoms with Crippen LogP contribution < -0.4 is 5.73 Å². The van der Waals surface area contributed by atoms with Gasteiger partial charge in [0.1, 0.15) is 12.2 Å². The molecule has 102 valence electrons. The number of hydrogen-bond acceptors (Lipinski definition) is 4. The summed E-state index contributed by atoms with van der Waals surface area (Å²) in [4.78, 5) is 4.22. The number of nitrogens with zero attached hydrogens (tertiary/aromatic N) is 3. The molecule has 2 rings (SSSR count). The molecule has 0 bridgehead atoms. The molecule has 2 aromatic rings. The standard InChI is InChI=1S/C14H20N4O/c1-10(2)8-18-14(16-9-17-18)7-13(19)11-5-3-4-6-12(11)15/h3-6,9-10,13,19H,7-8,15H2,1-2H3. The Morgan fingerprint density at radius 1 is 1.32 bits per heavy atom. The zero-order chi connectivity index (χ0) is 13.8. The van der Waals surface area contributed by atoms with E-state index in [1.807, 2.05) is 22.9 Å². The molecule has 1 heterocycles. The first-order valence-electron chi connectivity index (χ1n) is 6.47. The number of aliphatic hydroxyl groups excluding tert-OH is 1. The summed E-state index contributed by atoms with van der Waals surface area (Å²) >= 11 is 0. The molecule has 0 aliphatic heterocycles. The lowest BCUT2D eigenvalue weighted by Crippen LogP contribution is -2.14. The number of aromatic nitrogens is 3. The van der Waals surface area contributed by atoms with E-state index in [0.29, 0.717) is 18.0 Å². The lowest BCUT2D eigenvalue weighted by atomic mass is 10.0. The molecule has 0 fully saturated rings. The van der Waals surface area contributed by atoms with Crippen LogP contribution in [0.3, 0.4) is 0 Å². The number of hydrogen-bond donors (Lipinski definition) is 2. The number of aliphatic hydroxyl groups is 1. The van der Waals surface area contributed by atoms with Crippen molar-refractivity contribution in [3.63, 3.8) is 0 Å². The van der Waals surface area contributed by atoms with Crippen molar-refractivity contribution in [1.29, 1.82) is 0 Å². The summed E-state index contributed by atoms with van der Waals surface area (Å²) in [7, 11) is 0. The number of nitrogens with two attached hydrogens (primary N) is 1. The minimum atomic E-state index is -0.656. The highest BCUT2D eigenvalue weighted by Gasteiger charge is 2.15. The molecule has 1 unspecified atom stereocenters. The molecule has 1 atom stereocenters. The topological polar surface area (TPSA) is 77.0 Å². The molecule has 0 aliphatic rings. The van der Waals surface area contributed by atoms with Crippen molar-refractivity contribution < 1.29 is 5.11 Å². The second-order valence-corrected chi connectivity index (χ2v) is 5.10. The highest BCUT2D eigenvalue weighted by Crippen LogP contribution is 2.22. The molecular formula is C14H20N4O. The Hall–Kier alpha value is -1.88. The van der Waals surface area contributed by atoms with E-state index in [9.17, 15) is 5.11 Å². The predicted octanol–water partition coefficient (Wildman–Crippen LogP) is 1.79. The largest absolute Gasteiger partial charge is 0.398 e. The van der Waals surface area contributed by atoms with Crippen LogP contribution in [-0.4, -0.2) is 19.9 Å². The minimum absolute atomic E-state index is 0.418. The fourth-order valence-corrected chi connectivity index (χ4v) is 2.04. The lowest BCUT2D eigenvalue weighted by Gasteiger charge is -2.14. The van der Waals surface area contributed by atoms with E-state index >= 15 is 0 Å². The van der Waals surface area contributed by atoms with Gasteiger partial charge in [0.05, 0.1) is 6.10 Å². The van der Waals surface area contributed by atoms with E-state index in [1.54, 1.807) is 6.07 Å². The highest BCUT2D eigenvalue weighted by atomic mass is 16.3. The average molecular weight is 260 g/mol. The Labute approximate surface area is 113 Å². The maximum absolute atomic E-state index is 10.3. The highest BCUT2D eigenvalue weighted by molar-refractivity contribution is 5.47. The normalized spacial score (nSPS) is 12.8. The molecule has 0 spiro atoms. The molecule has 5 heteroatoms. The van der Waals surface area contributed by atoms with Crippen LogP contribution in [0.5, 0.6) is 0 Å². The van der Waals surface area contributed by atoms with Gasteiger partial charge in [-0.15, -0.1) is 0 Å². The van der Waals surface area contributed by atoms with Crippen molar-refractivity contribution >= 4 is 5.69 Å². The van der Waals surface area contributed by atoms with Crippen LogP contribution in [0.2, 0.25) is 0 Å². The van der Waals surface area contributed by atoms with Crippen molar-refractivity contribution in [3.05, 3.63) is 42.0 Å². The Bertz CT molecular complexity index is 536. The number of benzene rings is 1. The van der Waals surface area contributed by atoms with Gasteiger partial charge in [-0.1, -0.05) is 32.0 Å². The van der Waals surface area contributed by atoms with E-state index in [-0.39, 0.29) is 0 Å². The first-order valence-corrected chi connectivity index (χ1v) is 6.47. The van der Waals surface area contributed by atoms with Gasteiger partial charge in [-0.25, -0.2) is 9.67 Å². The van der Waals surface area contributed by atoms with Gasteiger partial charge in [-0.2, -0.15) is 5.10 Å². The molecule has 0 radical (unpaired) electrons. The average Bonchev–Trinajstić information content (AvgIpc) is 2.76. The summed E-state index contributed by atoms with van der Waals surface area (Å²) < 4.78 is 1.84.